The number of H-pyrrole nitrogens is 1. The Morgan fingerprint density at radius 2 is 1.89 bits per heavy atom. The van der Waals surface area contributed by atoms with E-state index in [1.54, 1.807) is 30.6 Å². The molecule has 4 heterocycles. The smallest absolute Gasteiger partial charge is 0.263 e. The van der Waals surface area contributed by atoms with E-state index < -0.39 is 10.0 Å². The van der Waals surface area contributed by atoms with Gasteiger partial charge in [0.15, 0.2) is 0 Å². The molecule has 0 saturated carbocycles. The van der Waals surface area contributed by atoms with Crippen molar-refractivity contribution in [1.29, 1.82) is 0 Å². The lowest BCUT2D eigenvalue weighted by atomic mass is 10.1. The molecule has 10 nitrogen and oxygen atoms in total. The quantitative estimate of drug-likeness (QED) is 0.339. The molecular weight excluding hydrogens is 517 g/mol. The second-order valence-corrected chi connectivity index (χ2v) is 11.8. The SMILES string of the molecule is CCc1nnc(NS(=O)(=O)c2ccc(CC(=S)N3CCN(c4ncnc5[nH]cc(C)c45)CC3)cc2)s1. The maximum absolute atomic E-state index is 12.7. The zero-order valence-electron chi connectivity index (χ0n) is 19.9. The van der Waals surface area contributed by atoms with Crippen LogP contribution in [0.25, 0.3) is 11.0 Å². The Hall–Kier alpha value is -3.16. The third-order valence-electron chi connectivity index (χ3n) is 6.16. The van der Waals surface area contributed by atoms with Gasteiger partial charge in [-0.1, -0.05) is 42.6 Å². The van der Waals surface area contributed by atoms with Crippen LogP contribution in [0.4, 0.5) is 10.9 Å². The van der Waals surface area contributed by atoms with Crippen LogP contribution in [-0.4, -0.2) is 69.6 Å². The number of hydrogen-bond acceptors (Lipinski definition) is 9. The van der Waals surface area contributed by atoms with Gasteiger partial charge in [0, 0.05) is 38.8 Å². The van der Waals surface area contributed by atoms with E-state index in [-0.39, 0.29) is 10.0 Å². The standard InChI is InChI=1S/C23H26N8O2S3/c1-3-18-27-28-23(35-18)29-36(32,33)17-6-4-16(5-7-17)12-19(34)30-8-10-31(11-9-30)22-20-15(2)13-24-21(20)25-14-26-22/h4-7,13-14H,3,8-12H2,1-2H3,(H,28,29)(H,24,25,26). The fourth-order valence-electron chi connectivity index (χ4n) is 4.19. The number of fused-ring (bicyclic) bond motifs is 1. The third kappa shape index (κ3) is 5.04. The lowest BCUT2D eigenvalue weighted by molar-refractivity contribution is 0.386. The molecule has 0 radical (unpaired) electrons. The molecule has 0 bridgehead atoms. The number of sulfonamides is 1. The number of nitrogens with one attached hydrogen (secondary N) is 2. The number of aryl methyl sites for hydroxylation is 2. The summed E-state index contributed by atoms with van der Waals surface area (Å²) in [6.45, 7) is 7.22. The van der Waals surface area contributed by atoms with E-state index in [1.807, 2.05) is 13.1 Å². The van der Waals surface area contributed by atoms with Crippen molar-refractivity contribution in [2.75, 3.05) is 35.8 Å². The van der Waals surface area contributed by atoms with Crippen LogP contribution in [0.1, 0.15) is 23.1 Å². The van der Waals surface area contributed by atoms with Crippen LogP contribution >= 0.6 is 23.6 Å². The number of nitrogens with zero attached hydrogens (tertiary/aromatic N) is 6. The molecule has 1 aliphatic heterocycles. The topological polar surface area (TPSA) is 120 Å². The molecule has 13 heteroatoms. The second-order valence-electron chi connectivity index (χ2n) is 8.54. The maximum atomic E-state index is 12.7. The van der Waals surface area contributed by atoms with Gasteiger partial charge in [-0.2, -0.15) is 0 Å². The van der Waals surface area contributed by atoms with Crippen LogP contribution in [0.3, 0.4) is 0 Å². The first-order valence-corrected chi connectivity index (χ1v) is 14.3. The minimum atomic E-state index is -3.72. The highest BCUT2D eigenvalue weighted by molar-refractivity contribution is 7.93. The number of piperazine rings is 1. The van der Waals surface area contributed by atoms with Crippen molar-refractivity contribution in [3.8, 4) is 0 Å². The maximum Gasteiger partial charge on any atom is 0.263 e. The van der Waals surface area contributed by atoms with E-state index in [9.17, 15) is 8.42 Å². The molecule has 0 amide bonds. The molecule has 0 unspecified atom stereocenters. The zero-order chi connectivity index (χ0) is 25.3. The first-order valence-electron chi connectivity index (χ1n) is 11.6. The Labute approximate surface area is 218 Å². The van der Waals surface area contributed by atoms with E-state index >= 15 is 0 Å². The van der Waals surface area contributed by atoms with Crippen molar-refractivity contribution >= 4 is 60.5 Å². The lowest BCUT2D eigenvalue weighted by Crippen LogP contribution is -2.49. The highest BCUT2D eigenvalue weighted by atomic mass is 32.2. The molecule has 1 saturated heterocycles. The highest BCUT2D eigenvalue weighted by Gasteiger charge is 2.23. The Morgan fingerprint density at radius 3 is 2.58 bits per heavy atom. The number of rotatable bonds is 7. The van der Waals surface area contributed by atoms with Gasteiger partial charge in [-0.3, -0.25) is 4.72 Å². The Kier molecular flexibility index (Phi) is 6.86. The largest absolute Gasteiger partial charge is 0.362 e. The van der Waals surface area contributed by atoms with Crippen molar-refractivity contribution in [2.24, 2.45) is 0 Å². The van der Waals surface area contributed by atoms with Crippen molar-refractivity contribution in [2.45, 2.75) is 31.6 Å². The normalized spacial score (nSPS) is 14.4. The van der Waals surface area contributed by atoms with E-state index in [2.05, 4.69) is 46.6 Å². The van der Waals surface area contributed by atoms with Crippen LogP contribution in [0.15, 0.2) is 41.7 Å². The molecule has 3 aromatic heterocycles. The van der Waals surface area contributed by atoms with Gasteiger partial charge < -0.3 is 14.8 Å². The summed E-state index contributed by atoms with van der Waals surface area (Å²) < 4.78 is 27.9. The van der Waals surface area contributed by atoms with Crippen LogP contribution in [0, 0.1) is 6.92 Å². The highest BCUT2D eigenvalue weighted by Crippen LogP contribution is 2.27. The number of aromatic amines is 1. The van der Waals surface area contributed by atoms with E-state index in [0.29, 0.717) is 12.8 Å². The summed E-state index contributed by atoms with van der Waals surface area (Å²) in [5.41, 5.74) is 2.95. The Balaban J connectivity index is 1.19. The summed E-state index contributed by atoms with van der Waals surface area (Å²) >= 11 is 6.97. The number of hydrogen-bond donors (Lipinski definition) is 2. The van der Waals surface area contributed by atoms with Gasteiger partial charge in [0.1, 0.15) is 22.8 Å². The van der Waals surface area contributed by atoms with E-state index in [4.69, 9.17) is 12.2 Å². The summed E-state index contributed by atoms with van der Waals surface area (Å²) in [4.78, 5) is 17.6. The van der Waals surface area contributed by atoms with Crippen molar-refractivity contribution in [3.63, 3.8) is 0 Å². The average Bonchev–Trinajstić information content (AvgIpc) is 3.50. The van der Waals surface area contributed by atoms with Crippen molar-refractivity contribution < 1.29 is 8.42 Å². The monoisotopic (exact) mass is 542 g/mol. The minimum Gasteiger partial charge on any atom is -0.362 e. The molecule has 1 fully saturated rings. The number of anilines is 2. The molecule has 4 aromatic rings. The molecule has 188 valence electrons. The minimum absolute atomic E-state index is 0.176. The molecule has 0 aliphatic carbocycles. The molecule has 5 rings (SSSR count). The van der Waals surface area contributed by atoms with Crippen LogP contribution in [0.2, 0.25) is 0 Å². The molecule has 1 aliphatic rings. The average molecular weight is 543 g/mol. The first-order chi connectivity index (χ1) is 17.3. The summed E-state index contributed by atoms with van der Waals surface area (Å²) in [5, 5.41) is 9.96. The lowest BCUT2D eigenvalue weighted by Gasteiger charge is -2.37. The van der Waals surface area contributed by atoms with Gasteiger partial charge in [-0.05, 0) is 36.6 Å². The molecule has 1 aromatic carbocycles. The van der Waals surface area contributed by atoms with Gasteiger partial charge in [-0.15, -0.1) is 10.2 Å². The predicted octanol–water partition coefficient (Wildman–Crippen LogP) is 3.17. The predicted molar refractivity (Wildman–Crippen MR) is 145 cm³/mol. The van der Waals surface area contributed by atoms with Gasteiger partial charge >= 0.3 is 0 Å². The van der Waals surface area contributed by atoms with Gasteiger partial charge in [0.2, 0.25) is 5.13 Å². The molecule has 0 spiro atoms. The van der Waals surface area contributed by atoms with Crippen LogP contribution in [0.5, 0.6) is 0 Å². The summed E-state index contributed by atoms with van der Waals surface area (Å²) in [6.07, 6.45) is 4.84. The number of aromatic nitrogens is 5. The fraction of sp³-hybridized carbons (Fsp3) is 0.348. The molecule has 2 N–H and O–H groups in total. The van der Waals surface area contributed by atoms with Crippen molar-refractivity contribution in [1.82, 2.24) is 30.0 Å². The second kappa shape index (κ2) is 10.1. The van der Waals surface area contributed by atoms with Gasteiger partial charge in [0.05, 0.1) is 15.3 Å². The summed E-state index contributed by atoms with van der Waals surface area (Å²) in [7, 11) is -3.72. The van der Waals surface area contributed by atoms with E-state index in [0.717, 1.165) is 64.2 Å². The molecule has 0 atom stereocenters. The number of thiocarbonyl (C=S) groups is 1. The summed E-state index contributed by atoms with van der Waals surface area (Å²) in [5.74, 6) is 0.953. The Bertz CT molecular complexity index is 1490. The Morgan fingerprint density at radius 1 is 1.14 bits per heavy atom. The fourth-order valence-corrected chi connectivity index (χ4v) is 6.45. The molecule has 36 heavy (non-hydrogen) atoms. The zero-order valence-corrected chi connectivity index (χ0v) is 22.4. The van der Waals surface area contributed by atoms with Crippen LogP contribution in [-0.2, 0) is 22.9 Å². The third-order valence-corrected chi connectivity index (χ3v) is 9.03. The first kappa shape index (κ1) is 24.5. The summed E-state index contributed by atoms with van der Waals surface area (Å²) in [6, 6.07) is 6.81. The molecular formula is C23H26N8O2S3. The van der Waals surface area contributed by atoms with Gasteiger partial charge in [-0.25, -0.2) is 18.4 Å². The van der Waals surface area contributed by atoms with E-state index in [1.165, 1.54) is 11.3 Å². The van der Waals surface area contributed by atoms with Crippen LogP contribution < -0.4 is 9.62 Å². The van der Waals surface area contributed by atoms with Gasteiger partial charge in [0.25, 0.3) is 10.0 Å². The number of benzene rings is 1. The van der Waals surface area contributed by atoms with Crippen molar-refractivity contribution in [3.05, 3.63) is 52.9 Å².